The number of carbonyl (C=O) groups excluding carboxylic acids is 5. The fraction of sp³-hybridized carbons (Fsp3) is 0.750. The van der Waals surface area contributed by atoms with Crippen molar-refractivity contribution in [3.8, 4) is 0 Å². The highest BCUT2D eigenvalue weighted by Crippen LogP contribution is 1.99. The van der Waals surface area contributed by atoms with Crippen LogP contribution in [0.1, 0.15) is 26.2 Å². The molecule has 0 aromatic rings. The van der Waals surface area contributed by atoms with Crippen molar-refractivity contribution in [1.82, 2.24) is 10.0 Å². The van der Waals surface area contributed by atoms with Crippen LogP contribution < -0.4 is 10.0 Å². The second kappa shape index (κ2) is 20.9. The van der Waals surface area contributed by atoms with Crippen molar-refractivity contribution >= 4 is 39.9 Å². The van der Waals surface area contributed by atoms with E-state index >= 15 is 0 Å². The van der Waals surface area contributed by atoms with Gasteiger partial charge in [-0.05, 0) is 13.3 Å². The predicted octanol–water partition coefficient (Wildman–Crippen LogP) is -1.88. The molecular formula is C20H34N2O12S. The Morgan fingerprint density at radius 1 is 0.771 bits per heavy atom. The van der Waals surface area contributed by atoms with E-state index in [0.717, 1.165) is 0 Å². The van der Waals surface area contributed by atoms with Crippen molar-refractivity contribution in [3.63, 3.8) is 0 Å². The molecule has 0 aliphatic rings. The van der Waals surface area contributed by atoms with Gasteiger partial charge >= 0.3 is 0 Å². The summed E-state index contributed by atoms with van der Waals surface area (Å²) >= 11 is 0. The summed E-state index contributed by atoms with van der Waals surface area (Å²) in [4.78, 5) is 55.2. The standard InChI is InChI=1S/C20H34N2O12S/c1-17(24)13-32-10-9-31-7-5-21-19(26)14-33-11-8-30-6-2-3-18(25)4-12-35(28,29)22-20(27)15-34-16-23/h16H,2-15H2,1H3,(H,21,26)(H,22,27). The normalized spacial score (nSPS) is 11.0. The van der Waals surface area contributed by atoms with Gasteiger partial charge in [0.25, 0.3) is 12.4 Å². The smallest absolute Gasteiger partial charge is 0.293 e. The lowest BCUT2D eigenvalue weighted by Crippen LogP contribution is -2.35. The highest BCUT2D eigenvalue weighted by atomic mass is 32.2. The highest BCUT2D eigenvalue weighted by molar-refractivity contribution is 7.90. The quantitative estimate of drug-likeness (QED) is 0.105. The van der Waals surface area contributed by atoms with Gasteiger partial charge in [0.1, 0.15) is 19.0 Å². The topological polar surface area (TPSA) is 190 Å². The van der Waals surface area contributed by atoms with Gasteiger partial charge in [0.2, 0.25) is 15.9 Å². The average molecular weight is 527 g/mol. The van der Waals surface area contributed by atoms with Gasteiger partial charge in [-0.1, -0.05) is 0 Å². The molecule has 0 radical (unpaired) electrons. The zero-order chi connectivity index (χ0) is 26.4. The van der Waals surface area contributed by atoms with Gasteiger partial charge in [0.05, 0.1) is 38.8 Å². The van der Waals surface area contributed by atoms with Crippen molar-refractivity contribution in [3.05, 3.63) is 0 Å². The van der Waals surface area contributed by atoms with Crippen LogP contribution in [0.3, 0.4) is 0 Å². The lowest BCUT2D eigenvalue weighted by atomic mass is 10.2. The van der Waals surface area contributed by atoms with Crippen molar-refractivity contribution < 1.29 is 56.1 Å². The number of carbonyl (C=O) groups is 5. The minimum atomic E-state index is -3.99. The number of amides is 2. The van der Waals surface area contributed by atoms with Crippen LogP contribution in [0.2, 0.25) is 0 Å². The molecule has 0 bridgehead atoms. The predicted molar refractivity (Wildman–Crippen MR) is 120 cm³/mol. The van der Waals surface area contributed by atoms with Gasteiger partial charge < -0.3 is 29.0 Å². The van der Waals surface area contributed by atoms with Crippen molar-refractivity contribution in [1.29, 1.82) is 0 Å². The largest absolute Gasteiger partial charge is 0.458 e. The monoisotopic (exact) mass is 526 g/mol. The van der Waals surface area contributed by atoms with Gasteiger partial charge in [-0.2, -0.15) is 0 Å². The number of Topliss-reactive ketones (excluding diaryl/α,β-unsaturated/α-hetero) is 2. The molecule has 14 nitrogen and oxygen atoms in total. The van der Waals surface area contributed by atoms with E-state index in [0.29, 0.717) is 32.8 Å². The van der Waals surface area contributed by atoms with E-state index in [4.69, 9.17) is 18.9 Å². The van der Waals surface area contributed by atoms with Crippen LogP contribution in [0.4, 0.5) is 0 Å². The molecule has 0 rings (SSSR count). The second-order valence-electron chi connectivity index (χ2n) is 7.03. The minimum Gasteiger partial charge on any atom is -0.458 e. The second-order valence-corrected chi connectivity index (χ2v) is 8.87. The molecule has 0 aromatic heterocycles. The number of sulfonamides is 1. The van der Waals surface area contributed by atoms with E-state index < -0.39 is 28.3 Å². The van der Waals surface area contributed by atoms with Crippen LogP contribution in [-0.4, -0.2) is 110 Å². The van der Waals surface area contributed by atoms with Crippen LogP contribution in [-0.2, 0) is 57.7 Å². The summed E-state index contributed by atoms with van der Waals surface area (Å²) in [7, 11) is -3.99. The van der Waals surface area contributed by atoms with E-state index in [-0.39, 0.29) is 69.8 Å². The van der Waals surface area contributed by atoms with Gasteiger partial charge in [0.15, 0.2) is 12.4 Å². The summed E-state index contributed by atoms with van der Waals surface area (Å²) in [5, 5.41) is 2.61. The number of nitrogens with one attached hydrogen (secondary N) is 2. The summed E-state index contributed by atoms with van der Waals surface area (Å²) in [5.41, 5.74) is 0. The Labute approximate surface area is 204 Å². The Morgan fingerprint density at radius 3 is 2.06 bits per heavy atom. The first-order valence-corrected chi connectivity index (χ1v) is 12.5. The van der Waals surface area contributed by atoms with Crippen LogP contribution in [0.5, 0.6) is 0 Å². The zero-order valence-corrected chi connectivity index (χ0v) is 20.6. The highest BCUT2D eigenvalue weighted by Gasteiger charge is 2.16. The summed E-state index contributed by atoms with van der Waals surface area (Å²) in [6.45, 7) is 2.50. The van der Waals surface area contributed by atoms with Crippen LogP contribution in [0.15, 0.2) is 0 Å². The number of ether oxygens (including phenoxy) is 5. The molecule has 202 valence electrons. The first-order valence-electron chi connectivity index (χ1n) is 10.8. The number of hydrogen-bond acceptors (Lipinski definition) is 12. The van der Waals surface area contributed by atoms with Crippen LogP contribution in [0.25, 0.3) is 0 Å². The lowest BCUT2D eigenvalue weighted by Gasteiger charge is -2.08. The van der Waals surface area contributed by atoms with Gasteiger partial charge in [-0.15, -0.1) is 0 Å². The Morgan fingerprint density at radius 2 is 1.40 bits per heavy atom. The molecule has 0 aliphatic carbocycles. The minimum absolute atomic E-state index is 0.0132. The summed E-state index contributed by atoms with van der Waals surface area (Å²) in [5.74, 6) is -2.24. The first kappa shape index (κ1) is 32.5. The van der Waals surface area contributed by atoms with Crippen molar-refractivity contribution in [2.24, 2.45) is 0 Å². The molecule has 0 fully saturated rings. The van der Waals surface area contributed by atoms with E-state index in [1.165, 1.54) is 6.92 Å². The van der Waals surface area contributed by atoms with Gasteiger partial charge in [-0.3, -0.25) is 28.7 Å². The van der Waals surface area contributed by atoms with Crippen molar-refractivity contribution in [2.45, 2.75) is 26.2 Å². The molecule has 2 N–H and O–H groups in total. The third-order valence-corrected chi connectivity index (χ3v) is 5.08. The molecule has 0 saturated carbocycles. The Bertz CT molecular complexity index is 757. The maximum Gasteiger partial charge on any atom is 0.293 e. The average Bonchev–Trinajstić information content (AvgIpc) is 2.79. The maximum atomic E-state index is 11.8. The summed E-state index contributed by atoms with van der Waals surface area (Å²) in [6, 6.07) is 0. The molecule has 0 spiro atoms. The molecule has 0 atom stereocenters. The van der Waals surface area contributed by atoms with Gasteiger partial charge in [0, 0.05) is 26.0 Å². The Hall–Kier alpha value is -2.46. The van der Waals surface area contributed by atoms with E-state index in [9.17, 15) is 32.4 Å². The molecule has 15 heteroatoms. The lowest BCUT2D eigenvalue weighted by molar-refractivity contribution is -0.136. The van der Waals surface area contributed by atoms with Gasteiger partial charge in [-0.25, -0.2) is 8.42 Å². The molecule has 0 saturated heterocycles. The summed E-state index contributed by atoms with van der Waals surface area (Å²) < 4.78 is 49.8. The summed E-state index contributed by atoms with van der Waals surface area (Å²) in [6.07, 6.45) is 0.207. The van der Waals surface area contributed by atoms with E-state index in [1.54, 1.807) is 4.72 Å². The number of ketones is 2. The Balaban J connectivity index is 3.56. The number of rotatable bonds is 24. The third kappa shape index (κ3) is 23.1. The zero-order valence-electron chi connectivity index (χ0n) is 19.8. The van der Waals surface area contributed by atoms with E-state index in [2.05, 4.69) is 10.1 Å². The van der Waals surface area contributed by atoms with E-state index in [1.807, 2.05) is 0 Å². The molecule has 0 aromatic carbocycles. The molecule has 2 amide bonds. The third-order valence-electron chi connectivity index (χ3n) is 3.80. The molecule has 0 heterocycles. The molecule has 0 unspecified atom stereocenters. The maximum absolute atomic E-state index is 11.8. The SMILES string of the molecule is CC(=O)COCCOCCNC(=O)COCCOCCCC(=O)CCS(=O)(=O)NC(=O)COC=O. The Kier molecular flexibility index (Phi) is 19.4. The molecular weight excluding hydrogens is 492 g/mol. The fourth-order valence-electron chi connectivity index (χ4n) is 2.24. The fourth-order valence-corrected chi connectivity index (χ4v) is 3.25. The first-order chi connectivity index (χ1) is 16.7. The molecule has 35 heavy (non-hydrogen) atoms. The molecule has 0 aliphatic heterocycles. The van der Waals surface area contributed by atoms with Crippen molar-refractivity contribution in [2.75, 3.05) is 71.8 Å². The van der Waals surface area contributed by atoms with Crippen LogP contribution >= 0.6 is 0 Å². The number of hydrogen-bond donors (Lipinski definition) is 2. The van der Waals surface area contributed by atoms with Crippen LogP contribution in [0, 0.1) is 0 Å².